The smallest absolute Gasteiger partial charge is 0.300 e. The summed E-state index contributed by atoms with van der Waals surface area (Å²) in [4.78, 5) is 28.2. The third-order valence-electron chi connectivity index (χ3n) is 6.33. The van der Waals surface area contributed by atoms with Crippen LogP contribution >= 0.6 is 0 Å². The maximum absolute atomic E-state index is 13.4. The van der Waals surface area contributed by atoms with Crippen LogP contribution in [0.2, 0.25) is 0 Å². The normalized spacial score (nSPS) is 17.5. The minimum atomic E-state index is -0.786. The first-order valence-electron chi connectivity index (χ1n) is 11.0. The second kappa shape index (κ2) is 8.94. The Kier molecular flexibility index (Phi) is 6.05. The van der Waals surface area contributed by atoms with Gasteiger partial charge in [-0.3, -0.25) is 14.5 Å². The highest BCUT2D eigenvalue weighted by atomic mass is 16.5. The Hall–Kier alpha value is -3.86. The zero-order valence-corrected chi connectivity index (χ0v) is 19.3. The quantitative estimate of drug-likeness (QED) is 0.322. The van der Waals surface area contributed by atoms with E-state index >= 15 is 0 Å². The summed E-state index contributed by atoms with van der Waals surface area (Å²) in [7, 11) is 1.57. The van der Waals surface area contributed by atoms with Crippen molar-refractivity contribution < 1.29 is 19.4 Å². The number of carbonyl (C=O) groups excluding carboxylic acids is 2. The molecule has 1 unspecified atom stereocenters. The SMILES string of the molecule is CCc1ccc(/C(O)=C2\C(=O)C(=O)N(c3cccc(C)c3C)C2c2cccc(OC)c2)cc1. The number of aliphatic hydroxyl groups is 1. The van der Waals surface area contributed by atoms with E-state index in [2.05, 4.69) is 0 Å². The number of ketones is 1. The Labute approximate surface area is 193 Å². The highest BCUT2D eigenvalue weighted by Gasteiger charge is 2.47. The van der Waals surface area contributed by atoms with Gasteiger partial charge in [-0.15, -0.1) is 0 Å². The van der Waals surface area contributed by atoms with Crippen LogP contribution in [-0.2, 0) is 16.0 Å². The first kappa shape index (κ1) is 22.3. The summed E-state index contributed by atoms with van der Waals surface area (Å²) < 4.78 is 5.39. The van der Waals surface area contributed by atoms with Crippen LogP contribution in [0.25, 0.3) is 5.76 Å². The van der Waals surface area contributed by atoms with Crippen LogP contribution < -0.4 is 9.64 Å². The van der Waals surface area contributed by atoms with Gasteiger partial charge in [0.05, 0.1) is 18.7 Å². The van der Waals surface area contributed by atoms with Crippen LogP contribution in [0.15, 0.2) is 72.3 Å². The zero-order chi connectivity index (χ0) is 23.7. The number of hydrogen-bond acceptors (Lipinski definition) is 4. The number of methoxy groups -OCH3 is 1. The summed E-state index contributed by atoms with van der Waals surface area (Å²) >= 11 is 0. The lowest BCUT2D eigenvalue weighted by Gasteiger charge is -2.27. The number of ether oxygens (including phenoxy) is 1. The van der Waals surface area contributed by atoms with Crippen molar-refractivity contribution in [2.75, 3.05) is 12.0 Å². The first-order valence-corrected chi connectivity index (χ1v) is 11.0. The van der Waals surface area contributed by atoms with Gasteiger partial charge in [-0.1, -0.05) is 55.5 Å². The van der Waals surface area contributed by atoms with Crippen LogP contribution in [0.4, 0.5) is 5.69 Å². The lowest BCUT2D eigenvalue weighted by atomic mass is 9.94. The van der Waals surface area contributed by atoms with Gasteiger partial charge >= 0.3 is 0 Å². The Morgan fingerprint density at radius 1 is 1.00 bits per heavy atom. The van der Waals surface area contributed by atoms with Gasteiger partial charge in [0, 0.05) is 11.3 Å². The molecular formula is C28H27NO4. The molecular weight excluding hydrogens is 414 g/mol. The third kappa shape index (κ3) is 3.91. The van der Waals surface area contributed by atoms with Crippen molar-refractivity contribution in [3.8, 4) is 5.75 Å². The molecule has 1 heterocycles. The lowest BCUT2D eigenvalue weighted by Crippen LogP contribution is -2.30. The predicted octanol–water partition coefficient (Wildman–Crippen LogP) is 5.50. The second-order valence-electron chi connectivity index (χ2n) is 8.22. The summed E-state index contributed by atoms with van der Waals surface area (Å²) in [6.45, 7) is 5.94. The molecule has 3 aromatic carbocycles. The third-order valence-corrected chi connectivity index (χ3v) is 6.33. The largest absolute Gasteiger partial charge is 0.507 e. The van der Waals surface area contributed by atoms with Crippen LogP contribution in [0.1, 0.15) is 40.8 Å². The maximum atomic E-state index is 13.4. The highest BCUT2D eigenvalue weighted by molar-refractivity contribution is 6.51. The van der Waals surface area contributed by atoms with E-state index in [-0.39, 0.29) is 11.3 Å². The molecule has 0 saturated carbocycles. The Balaban J connectivity index is 1.97. The van der Waals surface area contributed by atoms with Crippen LogP contribution in [0, 0.1) is 13.8 Å². The number of aryl methyl sites for hydroxylation is 2. The Morgan fingerprint density at radius 3 is 2.36 bits per heavy atom. The fourth-order valence-electron chi connectivity index (χ4n) is 4.26. The molecule has 1 aliphatic heterocycles. The molecule has 168 valence electrons. The van der Waals surface area contributed by atoms with Crippen LogP contribution in [0.3, 0.4) is 0 Å². The van der Waals surface area contributed by atoms with Gasteiger partial charge in [-0.25, -0.2) is 0 Å². The van der Waals surface area contributed by atoms with Crippen LogP contribution in [0.5, 0.6) is 5.75 Å². The van der Waals surface area contributed by atoms with Crippen molar-refractivity contribution in [2.24, 2.45) is 0 Å². The molecule has 0 bridgehead atoms. The van der Waals surface area contributed by atoms with Crippen molar-refractivity contribution in [1.29, 1.82) is 0 Å². The molecule has 33 heavy (non-hydrogen) atoms. The number of aliphatic hydroxyl groups excluding tert-OH is 1. The average Bonchev–Trinajstić information content (AvgIpc) is 3.10. The predicted molar refractivity (Wildman–Crippen MR) is 130 cm³/mol. The van der Waals surface area contributed by atoms with E-state index in [1.165, 1.54) is 4.90 Å². The summed E-state index contributed by atoms with van der Waals surface area (Å²) in [5.74, 6) is -0.952. The number of nitrogens with zero attached hydrogens (tertiary/aromatic N) is 1. The van der Waals surface area contributed by atoms with Gasteiger partial charge < -0.3 is 9.84 Å². The van der Waals surface area contributed by atoms with Gasteiger partial charge in [0.2, 0.25) is 0 Å². The molecule has 1 aliphatic rings. The summed E-state index contributed by atoms with van der Waals surface area (Å²) in [6.07, 6.45) is 0.863. The topological polar surface area (TPSA) is 66.8 Å². The fourth-order valence-corrected chi connectivity index (χ4v) is 4.26. The average molecular weight is 442 g/mol. The molecule has 3 aromatic rings. The summed E-state index contributed by atoms with van der Waals surface area (Å²) in [5.41, 5.74) is 4.92. The number of Topliss-reactive ketones (excluding diaryl/α,β-unsaturated/α-hetero) is 1. The van der Waals surface area contributed by atoms with E-state index in [9.17, 15) is 14.7 Å². The highest BCUT2D eigenvalue weighted by Crippen LogP contribution is 2.44. The molecule has 5 nitrogen and oxygen atoms in total. The number of amides is 1. The Bertz CT molecular complexity index is 1260. The van der Waals surface area contributed by atoms with Crippen molar-refractivity contribution in [2.45, 2.75) is 33.2 Å². The fraction of sp³-hybridized carbons (Fsp3) is 0.214. The molecule has 0 spiro atoms. The molecule has 1 N–H and O–H groups in total. The maximum Gasteiger partial charge on any atom is 0.300 e. The molecule has 1 atom stereocenters. The van der Waals surface area contributed by atoms with Crippen molar-refractivity contribution in [1.82, 2.24) is 0 Å². The van der Waals surface area contributed by atoms with Gasteiger partial charge in [0.15, 0.2) is 0 Å². The number of carbonyl (C=O) groups is 2. The van der Waals surface area contributed by atoms with Crippen LogP contribution in [-0.4, -0.2) is 23.9 Å². The van der Waals surface area contributed by atoms with Gasteiger partial charge in [-0.05, 0) is 60.7 Å². The number of anilines is 1. The molecule has 1 fully saturated rings. The summed E-state index contributed by atoms with van der Waals surface area (Å²) in [6, 6.07) is 19.5. The number of benzene rings is 3. The molecule has 1 saturated heterocycles. The van der Waals surface area contributed by atoms with E-state index < -0.39 is 17.7 Å². The van der Waals surface area contributed by atoms with Gasteiger partial charge in [-0.2, -0.15) is 0 Å². The lowest BCUT2D eigenvalue weighted by molar-refractivity contribution is -0.132. The monoisotopic (exact) mass is 441 g/mol. The minimum Gasteiger partial charge on any atom is -0.507 e. The van der Waals surface area contributed by atoms with Crippen molar-refractivity contribution in [3.05, 3.63) is 100 Å². The Morgan fingerprint density at radius 2 is 1.70 bits per heavy atom. The molecule has 0 aromatic heterocycles. The zero-order valence-electron chi connectivity index (χ0n) is 19.3. The number of hydrogen-bond donors (Lipinski definition) is 1. The van der Waals surface area contributed by atoms with E-state index in [0.717, 1.165) is 23.1 Å². The standard InChI is InChI=1S/C28H27NO4/c1-5-19-12-14-20(15-13-19)26(30)24-25(21-9-7-10-22(16-21)33-4)29(28(32)27(24)31)23-11-6-8-17(2)18(23)3/h6-16,25,30H,5H2,1-4H3/b26-24+. The molecule has 1 amide bonds. The van der Waals surface area contributed by atoms with E-state index in [0.29, 0.717) is 22.6 Å². The number of rotatable bonds is 5. The molecule has 4 rings (SSSR count). The van der Waals surface area contributed by atoms with E-state index in [4.69, 9.17) is 4.74 Å². The molecule has 0 aliphatic carbocycles. The van der Waals surface area contributed by atoms with Gasteiger partial charge in [0.1, 0.15) is 11.5 Å². The molecule has 5 heteroatoms. The van der Waals surface area contributed by atoms with E-state index in [1.54, 1.807) is 31.4 Å². The molecule has 0 radical (unpaired) electrons. The van der Waals surface area contributed by atoms with E-state index in [1.807, 2.05) is 63.2 Å². The minimum absolute atomic E-state index is 0.0680. The van der Waals surface area contributed by atoms with Crippen molar-refractivity contribution >= 4 is 23.1 Å². The second-order valence-corrected chi connectivity index (χ2v) is 8.22. The first-order chi connectivity index (χ1) is 15.9. The van der Waals surface area contributed by atoms with Crippen molar-refractivity contribution in [3.63, 3.8) is 0 Å². The van der Waals surface area contributed by atoms with Gasteiger partial charge in [0.25, 0.3) is 11.7 Å². The summed E-state index contributed by atoms with van der Waals surface area (Å²) in [5, 5.41) is 11.3.